The van der Waals surface area contributed by atoms with Gasteiger partial charge in [0.25, 0.3) is 0 Å². The number of alkyl halides is 2. The molecule has 3 rings (SSSR count). The topological polar surface area (TPSA) is 30.2 Å². The molecule has 0 spiro atoms. The third kappa shape index (κ3) is 2.78. The average molecular weight is 323 g/mol. The summed E-state index contributed by atoms with van der Waals surface area (Å²) in [6.07, 6.45) is 6.78. The summed E-state index contributed by atoms with van der Waals surface area (Å²) in [4.78, 5) is 8.10. The van der Waals surface area contributed by atoms with E-state index in [1.165, 1.54) is 19.8 Å². The second-order valence-electron chi connectivity index (χ2n) is 4.51. The van der Waals surface area contributed by atoms with E-state index in [4.69, 9.17) is 0 Å². The predicted molar refractivity (Wildman–Crippen MR) is 83.8 cm³/mol. The minimum absolute atomic E-state index is 0.293. The fourth-order valence-electron chi connectivity index (χ4n) is 2.08. The summed E-state index contributed by atoms with van der Waals surface area (Å²) in [6.45, 7) is 0. The Morgan fingerprint density at radius 3 is 2.48 bits per heavy atom. The van der Waals surface area contributed by atoms with Gasteiger partial charge in [0.05, 0.1) is 16.7 Å². The third-order valence-corrected chi connectivity index (χ3v) is 4.02. The Morgan fingerprint density at radius 1 is 1.10 bits per heavy atom. The molecule has 7 heteroatoms. The summed E-state index contributed by atoms with van der Waals surface area (Å²) >= 11 is 1.55. The Morgan fingerprint density at radius 2 is 1.86 bits per heavy atom. The highest BCUT2D eigenvalue weighted by molar-refractivity contribution is 7.98. The van der Waals surface area contributed by atoms with Gasteiger partial charge in [0.2, 0.25) is 0 Å². The van der Waals surface area contributed by atoms with Crippen LogP contribution in [0.15, 0.2) is 47.9 Å². The van der Waals surface area contributed by atoms with Gasteiger partial charge >= 0.3 is 5.66 Å². The van der Waals surface area contributed by atoms with Crippen LogP contribution >= 0.6 is 21.0 Å². The van der Waals surface area contributed by atoms with E-state index in [-0.39, 0.29) is 5.82 Å². The zero-order valence-electron chi connectivity index (χ0n) is 11.1. The number of thioether (sulfide) groups is 1. The zero-order chi connectivity index (χ0) is 15.0. The predicted octanol–water partition coefficient (Wildman–Crippen LogP) is 4.04. The molecule has 0 aliphatic carbocycles. The van der Waals surface area contributed by atoms with Crippen molar-refractivity contribution in [2.75, 3.05) is 6.26 Å². The monoisotopic (exact) mass is 323 g/mol. The maximum atomic E-state index is 13.5. The average Bonchev–Trinajstić information content (AvgIpc) is 2.90. The highest BCUT2D eigenvalue weighted by Crippen LogP contribution is 2.34. The van der Waals surface area contributed by atoms with Gasteiger partial charge in [0.1, 0.15) is 0 Å². The summed E-state index contributed by atoms with van der Waals surface area (Å²) in [5.74, 6) is -0.293. The van der Waals surface area contributed by atoms with Crippen LogP contribution in [0.3, 0.4) is 0 Å². The molecule has 21 heavy (non-hydrogen) atoms. The van der Waals surface area contributed by atoms with E-state index in [1.54, 1.807) is 30.2 Å². The second-order valence-corrected chi connectivity index (χ2v) is 6.06. The molecule has 0 bridgehead atoms. The van der Waals surface area contributed by atoms with E-state index in [1.807, 2.05) is 24.5 Å². The van der Waals surface area contributed by atoms with Gasteiger partial charge in [-0.2, -0.15) is 8.78 Å². The van der Waals surface area contributed by atoms with Gasteiger partial charge in [-0.05, 0) is 24.0 Å². The molecule has 0 N–H and O–H groups in total. The lowest BCUT2D eigenvalue weighted by Crippen LogP contribution is -2.08. The summed E-state index contributed by atoms with van der Waals surface area (Å²) in [5, 5.41) is 0.916. The first-order chi connectivity index (χ1) is 9.99. The van der Waals surface area contributed by atoms with Crippen LogP contribution in [0.1, 0.15) is 5.82 Å². The largest absolute Gasteiger partial charge is 0.315 e. The molecule has 0 fully saturated rings. The Bertz CT molecular complexity index is 781. The quantitative estimate of drug-likeness (QED) is 0.538. The lowest BCUT2D eigenvalue weighted by atomic mass is 10.1. The molecule has 0 aromatic carbocycles. The van der Waals surface area contributed by atoms with Crippen molar-refractivity contribution < 1.29 is 8.78 Å². The van der Waals surface area contributed by atoms with Gasteiger partial charge in [-0.25, -0.2) is 9.97 Å². The molecule has 3 aromatic heterocycles. The minimum Gasteiger partial charge on any atom is -0.298 e. The van der Waals surface area contributed by atoms with E-state index >= 15 is 0 Å². The van der Waals surface area contributed by atoms with Crippen molar-refractivity contribution >= 4 is 26.5 Å². The molecular formula is C14H12F2N3PS. The summed E-state index contributed by atoms with van der Waals surface area (Å²) < 4.78 is 28.4. The first-order valence-corrected chi connectivity index (χ1v) is 7.94. The SMILES string of the molecule is CSc1ccc(-c2ccc3cnc(C(F)(F)P)n3c2)cn1. The Labute approximate surface area is 127 Å². The van der Waals surface area contributed by atoms with Crippen LogP contribution < -0.4 is 0 Å². The number of imidazole rings is 1. The number of fused-ring (bicyclic) bond motifs is 1. The molecule has 0 amide bonds. The number of halogens is 2. The van der Waals surface area contributed by atoms with Crippen molar-refractivity contribution in [1.82, 2.24) is 14.4 Å². The van der Waals surface area contributed by atoms with Crippen LogP contribution in [-0.2, 0) is 5.66 Å². The smallest absolute Gasteiger partial charge is 0.298 e. The zero-order valence-corrected chi connectivity index (χ0v) is 13.1. The number of pyridine rings is 2. The van der Waals surface area contributed by atoms with E-state index < -0.39 is 5.66 Å². The van der Waals surface area contributed by atoms with Crippen LogP contribution in [0.4, 0.5) is 8.78 Å². The second kappa shape index (κ2) is 5.35. The van der Waals surface area contributed by atoms with Gasteiger partial charge in [-0.15, -0.1) is 11.8 Å². The Balaban J connectivity index is 2.11. The molecule has 1 atom stereocenters. The van der Waals surface area contributed by atoms with Crippen LogP contribution in [-0.4, -0.2) is 20.6 Å². The number of aromatic nitrogens is 3. The fraction of sp³-hybridized carbons (Fsp3) is 0.143. The van der Waals surface area contributed by atoms with E-state index in [2.05, 4.69) is 9.97 Å². The van der Waals surface area contributed by atoms with Crippen molar-refractivity contribution in [3.63, 3.8) is 0 Å². The van der Waals surface area contributed by atoms with Crippen molar-refractivity contribution in [2.24, 2.45) is 0 Å². The van der Waals surface area contributed by atoms with Gasteiger partial charge in [0.15, 0.2) is 5.82 Å². The fourth-order valence-corrected chi connectivity index (χ4v) is 2.66. The van der Waals surface area contributed by atoms with Crippen LogP contribution in [0.5, 0.6) is 0 Å². The molecule has 3 nitrogen and oxygen atoms in total. The molecule has 1 unspecified atom stereocenters. The number of hydrogen-bond acceptors (Lipinski definition) is 3. The molecule has 3 heterocycles. The van der Waals surface area contributed by atoms with Crippen molar-refractivity contribution in [3.8, 4) is 11.1 Å². The normalized spacial score (nSPS) is 12.0. The molecule has 0 aliphatic rings. The number of rotatable bonds is 3. The van der Waals surface area contributed by atoms with Crippen LogP contribution in [0.25, 0.3) is 16.6 Å². The molecule has 0 saturated heterocycles. The lowest BCUT2D eigenvalue weighted by Gasteiger charge is -2.10. The molecule has 108 valence electrons. The summed E-state index contributed by atoms with van der Waals surface area (Å²) in [5.41, 5.74) is -0.742. The van der Waals surface area contributed by atoms with Crippen molar-refractivity contribution in [3.05, 3.63) is 48.7 Å². The molecular weight excluding hydrogens is 311 g/mol. The third-order valence-electron chi connectivity index (χ3n) is 3.10. The molecule has 0 aliphatic heterocycles. The van der Waals surface area contributed by atoms with Crippen molar-refractivity contribution in [1.29, 1.82) is 0 Å². The first-order valence-electron chi connectivity index (χ1n) is 6.14. The van der Waals surface area contributed by atoms with E-state index in [0.717, 1.165) is 16.2 Å². The minimum atomic E-state index is -3.06. The van der Waals surface area contributed by atoms with Crippen LogP contribution in [0.2, 0.25) is 0 Å². The Kier molecular flexibility index (Phi) is 3.68. The highest BCUT2D eigenvalue weighted by atomic mass is 32.2. The molecule has 0 saturated carbocycles. The summed E-state index contributed by atoms with van der Waals surface area (Å²) in [6, 6.07) is 7.47. The van der Waals surface area contributed by atoms with E-state index in [9.17, 15) is 8.78 Å². The molecule has 0 radical (unpaired) electrons. The van der Waals surface area contributed by atoms with Crippen molar-refractivity contribution in [2.45, 2.75) is 10.7 Å². The standard InChI is InChI=1S/C14H12F2N3PS/c1-21-12-5-3-9(6-17-12)10-2-4-11-7-18-13(14(15,16)20)19(11)8-10/h2-8H,20H2,1H3. The van der Waals surface area contributed by atoms with Gasteiger partial charge in [-0.1, -0.05) is 21.4 Å². The lowest BCUT2D eigenvalue weighted by molar-refractivity contribution is 0.0925. The van der Waals surface area contributed by atoms with Gasteiger partial charge < -0.3 is 0 Å². The highest BCUT2D eigenvalue weighted by Gasteiger charge is 2.29. The molecule has 3 aromatic rings. The first kappa shape index (κ1) is 14.4. The number of hydrogen-bond donors (Lipinski definition) is 0. The van der Waals surface area contributed by atoms with Gasteiger partial charge in [0, 0.05) is 18.0 Å². The maximum Gasteiger partial charge on any atom is 0.315 e. The van der Waals surface area contributed by atoms with E-state index in [0.29, 0.717) is 5.52 Å². The van der Waals surface area contributed by atoms with Gasteiger partial charge in [-0.3, -0.25) is 4.40 Å². The van der Waals surface area contributed by atoms with Crippen LogP contribution in [0, 0.1) is 0 Å². The maximum absolute atomic E-state index is 13.5. The Hall–Kier alpha value is -1.52. The summed E-state index contributed by atoms with van der Waals surface area (Å²) in [7, 11) is 1.52. The number of nitrogens with zero attached hydrogens (tertiary/aromatic N) is 3.